The molecular formula is C14H15N3O5S. The molecule has 3 heterocycles. The van der Waals surface area contributed by atoms with Crippen molar-refractivity contribution in [3.8, 4) is 11.4 Å². The first-order valence-corrected chi connectivity index (χ1v) is 8.22. The number of amides is 1. The fraction of sp³-hybridized carbons (Fsp3) is 0.429. The number of aryl methyl sites for hydroxylation is 1. The molecule has 0 saturated carbocycles. The van der Waals surface area contributed by atoms with Crippen molar-refractivity contribution in [1.29, 1.82) is 0 Å². The minimum atomic E-state index is -1.15. The number of carbonyl (C=O) groups is 2. The number of nitrogens with one attached hydrogen (secondary N) is 1. The van der Waals surface area contributed by atoms with Crippen LogP contribution in [0.25, 0.3) is 11.4 Å². The number of aromatic nitrogens is 2. The summed E-state index contributed by atoms with van der Waals surface area (Å²) in [6.45, 7) is 0. The van der Waals surface area contributed by atoms with E-state index in [2.05, 4.69) is 15.5 Å². The van der Waals surface area contributed by atoms with Gasteiger partial charge in [-0.05, 0) is 18.2 Å². The lowest BCUT2D eigenvalue weighted by Gasteiger charge is -2.24. The molecule has 0 aromatic carbocycles. The van der Waals surface area contributed by atoms with Gasteiger partial charge in [-0.3, -0.25) is 4.79 Å². The summed E-state index contributed by atoms with van der Waals surface area (Å²) in [4.78, 5) is 27.6. The second-order valence-electron chi connectivity index (χ2n) is 5.26. The van der Waals surface area contributed by atoms with E-state index in [4.69, 9.17) is 8.94 Å². The van der Waals surface area contributed by atoms with E-state index in [1.165, 1.54) is 24.3 Å². The normalized spacial score (nSPS) is 20.5. The molecule has 0 spiro atoms. The van der Waals surface area contributed by atoms with Gasteiger partial charge in [0.15, 0.2) is 0 Å². The Hall–Kier alpha value is -2.29. The van der Waals surface area contributed by atoms with Gasteiger partial charge < -0.3 is 19.4 Å². The lowest BCUT2D eigenvalue weighted by molar-refractivity contribution is -0.146. The topological polar surface area (TPSA) is 118 Å². The highest BCUT2D eigenvalue weighted by Crippen LogP contribution is 2.28. The molecule has 0 radical (unpaired) electrons. The smallest absolute Gasteiger partial charge is 0.330 e. The van der Waals surface area contributed by atoms with E-state index in [9.17, 15) is 14.7 Å². The lowest BCUT2D eigenvalue weighted by atomic mass is 9.99. The molecule has 23 heavy (non-hydrogen) atoms. The van der Waals surface area contributed by atoms with Gasteiger partial charge >= 0.3 is 5.97 Å². The largest absolute Gasteiger partial charge is 0.479 e. The Kier molecular flexibility index (Phi) is 4.37. The summed E-state index contributed by atoms with van der Waals surface area (Å²) in [6.07, 6.45) is 3.77. The van der Waals surface area contributed by atoms with E-state index in [-0.39, 0.29) is 18.7 Å². The fourth-order valence-corrected chi connectivity index (χ4v) is 3.63. The first-order valence-electron chi connectivity index (χ1n) is 7.06. The molecule has 1 aliphatic heterocycles. The Bertz CT molecular complexity index is 691. The predicted octanol–water partition coefficient (Wildman–Crippen LogP) is 1.34. The highest BCUT2D eigenvalue weighted by atomic mass is 32.2. The van der Waals surface area contributed by atoms with Crippen molar-refractivity contribution in [3.63, 3.8) is 0 Å². The Morgan fingerprint density at radius 3 is 3.00 bits per heavy atom. The van der Waals surface area contributed by atoms with Crippen LogP contribution in [-0.4, -0.2) is 44.2 Å². The van der Waals surface area contributed by atoms with Crippen molar-refractivity contribution < 1.29 is 23.6 Å². The zero-order chi connectivity index (χ0) is 16.3. The van der Waals surface area contributed by atoms with E-state index in [1.54, 1.807) is 6.07 Å². The molecule has 0 aliphatic carbocycles. The third kappa shape index (κ3) is 3.39. The number of hydrogen-bond donors (Lipinski definition) is 2. The summed E-state index contributed by atoms with van der Waals surface area (Å²) in [5, 5.41) is 15.8. The zero-order valence-corrected chi connectivity index (χ0v) is 13.0. The third-order valence-corrected chi connectivity index (χ3v) is 4.81. The van der Waals surface area contributed by atoms with Crippen molar-refractivity contribution in [2.75, 3.05) is 11.5 Å². The minimum Gasteiger partial charge on any atom is -0.479 e. The molecule has 1 aliphatic rings. The number of carboxylic acids is 1. The molecule has 9 heteroatoms. The van der Waals surface area contributed by atoms with Gasteiger partial charge in [0, 0.05) is 18.6 Å². The number of hydrogen-bond acceptors (Lipinski definition) is 7. The highest BCUT2D eigenvalue weighted by Gasteiger charge is 2.43. The molecule has 1 unspecified atom stereocenters. The number of carboxylic acid groups (broad SMARTS) is 1. The van der Waals surface area contributed by atoms with Crippen LogP contribution in [-0.2, 0) is 16.0 Å². The quantitative estimate of drug-likeness (QED) is 0.810. The van der Waals surface area contributed by atoms with Crippen LogP contribution in [0.4, 0.5) is 0 Å². The molecular weight excluding hydrogens is 322 g/mol. The van der Waals surface area contributed by atoms with Gasteiger partial charge in [0.2, 0.25) is 17.6 Å². The lowest BCUT2D eigenvalue weighted by Crippen LogP contribution is -2.54. The molecule has 2 aromatic rings. The monoisotopic (exact) mass is 337 g/mol. The zero-order valence-electron chi connectivity index (χ0n) is 12.2. The van der Waals surface area contributed by atoms with E-state index in [0.717, 1.165) is 5.75 Å². The average Bonchev–Trinajstić information content (AvgIpc) is 3.26. The van der Waals surface area contributed by atoms with Crippen LogP contribution in [0, 0.1) is 0 Å². The van der Waals surface area contributed by atoms with Crippen LogP contribution in [0.3, 0.4) is 0 Å². The molecule has 2 N–H and O–H groups in total. The fourth-order valence-electron chi connectivity index (χ4n) is 2.30. The predicted molar refractivity (Wildman–Crippen MR) is 80.8 cm³/mol. The molecule has 122 valence electrons. The number of carbonyl (C=O) groups excluding carboxylic acids is 1. The van der Waals surface area contributed by atoms with Crippen LogP contribution in [0.1, 0.15) is 18.7 Å². The van der Waals surface area contributed by atoms with Crippen LogP contribution in [0.15, 0.2) is 27.5 Å². The van der Waals surface area contributed by atoms with Crippen LogP contribution < -0.4 is 5.32 Å². The SMILES string of the molecule is O=C(CCc1nc(-c2ccoc2)no1)NC1(C(=O)O)CCSC1. The molecule has 8 nitrogen and oxygen atoms in total. The summed E-state index contributed by atoms with van der Waals surface area (Å²) < 4.78 is 10.0. The second-order valence-corrected chi connectivity index (χ2v) is 6.37. The van der Waals surface area contributed by atoms with E-state index >= 15 is 0 Å². The van der Waals surface area contributed by atoms with Gasteiger partial charge in [-0.25, -0.2) is 4.79 Å². The number of rotatable bonds is 6. The number of nitrogens with zero attached hydrogens (tertiary/aromatic N) is 2. The summed E-state index contributed by atoms with van der Waals surface area (Å²) in [6, 6.07) is 1.70. The van der Waals surface area contributed by atoms with Gasteiger partial charge in [0.25, 0.3) is 0 Å². The Balaban J connectivity index is 1.56. The van der Waals surface area contributed by atoms with Crippen LogP contribution in [0.5, 0.6) is 0 Å². The second kappa shape index (κ2) is 6.45. The van der Waals surface area contributed by atoms with E-state index in [0.29, 0.717) is 29.5 Å². The molecule has 2 aromatic heterocycles. The molecule has 1 amide bonds. The van der Waals surface area contributed by atoms with Gasteiger partial charge in [-0.2, -0.15) is 16.7 Å². The third-order valence-electron chi connectivity index (χ3n) is 3.62. The molecule has 1 atom stereocenters. The Morgan fingerprint density at radius 2 is 2.35 bits per heavy atom. The van der Waals surface area contributed by atoms with Crippen molar-refractivity contribution in [2.45, 2.75) is 24.8 Å². The molecule has 0 bridgehead atoms. The molecule has 3 rings (SSSR count). The maximum Gasteiger partial charge on any atom is 0.330 e. The maximum atomic E-state index is 12.0. The van der Waals surface area contributed by atoms with Crippen molar-refractivity contribution >= 4 is 23.6 Å². The van der Waals surface area contributed by atoms with Gasteiger partial charge in [-0.15, -0.1) is 0 Å². The highest BCUT2D eigenvalue weighted by molar-refractivity contribution is 7.99. The molecule has 1 fully saturated rings. The van der Waals surface area contributed by atoms with Crippen molar-refractivity contribution in [1.82, 2.24) is 15.5 Å². The van der Waals surface area contributed by atoms with Crippen LogP contribution in [0.2, 0.25) is 0 Å². The number of aliphatic carboxylic acids is 1. The van der Waals surface area contributed by atoms with Gasteiger partial charge in [0.05, 0.1) is 11.8 Å². The van der Waals surface area contributed by atoms with Gasteiger partial charge in [0.1, 0.15) is 11.8 Å². The average molecular weight is 337 g/mol. The minimum absolute atomic E-state index is 0.0900. The number of furan rings is 1. The summed E-state index contributed by atoms with van der Waals surface area (Å²) in [5.41, 5.74) is -0.462. The van der Waals surface area contributed by atoms with Crippen molar-refractivity contribution in [2.24, 2.45) is 0 Å². The summed E-state index contributed by atoms with van der Waals surface area (Å²) in [5.74, 6) is 0.502. The maximum absolute atomic E-state index is 12.0. The first-order chi connectivity index (χ1) is 11.1. The standard InChI is InChI=1S/C14H15N3O5S/c18-10(16-14(13(19)20)4-6-23-8-14)1-2-11-15-12(17-22-11)9-3-5-21-7-9/h3,5,7H,1-2,4,6,8H2,(H,16,18)(H,19,20). The Morgan fingerprint density at radius 1 is 1.48 bits per heavy atom. The first kappa shape index (κ1) is 15.6. The van der Waals surface area contributed by atoms with E-state index in [1.807, 2.05) is 0 Å². The summed E-state index contributed by atoms with van der Waals surface area (Å²) in [7, 11) is 0. The van der Waals surface area contributed by atoms with Gasteiger partial charge in [-0.1, -0.05) is 5.16 Å². The summed E-state index contributed by atoms with van der Waals surface area (Å²) >= 11 is 1.52. The van der Waals surface area contributed by atoms with E-state index < -0.39 is 11.5 Å². The Labute approximate surface area is 135 Å². The van der Waals surface area contributed by atoms with Crippen LogP contribution >= 0.6 is 11.8 Å². The number of thioether (sulfide) groups is 1. The van der Waals surface area contributed by atoms with Crippen molar-refractivity contribution in [3.05, 3.63) is 24.5 Å². The molecule has 1 saturated heterocycles.